The Bertz CT molecular complexity index is 957. The summed E-state index contributed by atoms with van der Waals surface area (Å²) in [6, 6.07) is 11.9. The molecule has 1 aliphatic heterocycles. The smallest absolute Gasteiger partial charge is 0.229 e. The summed E-state index contributed by atoms with van der Waals surface area (Å²) in [5, 5.41) is 2.90. The molecule has 2 aromatic heterocycles. The SMILES string of the molecule is O=C(Cc1csc(-c2cccc(Br)c2)n1)N(Cc1cccnc1)CC1CCCO1. The molecule has 150 valence electrons. The van der Waals surface area contributed by atoms with Crippen molar-refractivity contribution in [2.45, 2.75) is 31.9 Å². The van der Waals surface area contributed by atoms with Crippen LogP contribution in [0, 0.1) is 0 Å². The third-order valence-electron chi connectivity index (χ3n) is 4.85. The summed E-state index contributed by atoms with van der Waals surface area (Å²) in [4.78, 5) is 23.9. The van der Waals surface area contributed by atoms with E-state index in [0.29, 0.717) is 13.1 Å². The molecule has 5 nitrogen and oxygen atoms in total. The fourth-order valence-corrected chi connectivity index (χ4v) is 4.63. The van der Waals surface area contributed by atoms with E-state index in [1.807, 2.05) is 52.9 Å². The number of benzene rings is 1. The van der Waals surface area contributed by atoms with Gasteiger partial charge in [-0.25, -0.2) is 4.98 Å². The summed E-state index contributed by atoms with van der Waals surface area (Å²) in [6.07, 6.45) is 6.02. The Morgan fingerprint density at radius 1 is 1.31 bits per heavy atom. The van der Waals surface area contributed by atoms with E-state index in [1.165, 1.54) is 0 Å². The van der Waals surface area contributed by atoms with Crippen molar-refractivity contribution in [2.24, 2.45) is 0 Å². The number of carbonyl (C=O) groups excluding carboxylic acids is 1. The molecule has 1 amide bonds. The Labute approximate surface area is 182 Å². The normalized spacial score (nSPS) is 16.1. The zero-order chi connectivity index (χ0) is 20.1. The highest BCUT2D eigenvalue weighted by molar-refractivity contribution is 9.10. The molecule has 29 heavy (non-hydrogen) atoms. The molecule has 1 aromatic carbocycles. The molecule has 0 N–H and O–H groups in total. The summed E-state index contributed by atoms with van der Waals surface area (Å²) < 4.78 is 6.78. The summed E-state index contributed by atoms with van der Waals surface area (Å²) in [5.41, 5.74) is 2.88. The second-order valence-corrected chi connectivity index (χ2v) is 8.88. The molecule has 0 spiro atoms. The lowest BCUT2D eigenvalue weighted by Crippen LogP contribution is -2.37. The van der Waals surface area contributed by atoms with Crippen LogP contribution in [0.15, 0.2) is 58.6 Å². The minimum atomic E-state index is 0.0652. The van der Waals surface area contributed by atoms with E-state index in [1.54, 1.807) is 17.5 Å². The van der Waals surface area contributed by atoms with E-state index in [-0.39, 0.29) is 18.4 Å². The lowest BCUT2D eigenvalue weighted by Gasteiger charge is -2.25. The Hall–Kier alpha value is -2.09. The average molecular weight is 472 g/mol. The van der Waals surface area contributed by atoms with Crippen molar-refractivity contribution in [1.29, 1.82) is 0 Å². The van der Waals surface area contributed by atoms with Crippen LogP contribution in [0.5, 0.6) is 0 Å². The second kappa shape index (κ2) is 9.61. The Kier molecular flexibility index (Phi) is 6.69. The van der Waals surface area contributed by atoms with Crippen molar-refractivity contribution in [1.82, 2.24) is 14.9 Å². The molecular formula is C22H22BrN3O2S. The van der Waals surface area contributed by atoms with Crippen LogP contribution in [0.3, 0.4) is 0 Å². The first-order chi connectivity index (χ1) is 14.2. The van der Waals surface area contributed by atoms with Gasteiger partial charge in [-0.05, 0) is 36.6 Å². The van der Waals surface area contributed by atoms with E-state index in [4.69, 9.17) is 4.74 Å². The monoisotopic (exact) mass is 471 g/mol. The molecule has 1 atom stereocenters. The zero-order valence-electron chi connectivity index (χ0n) is 16.0. The largest absolute Gasteiger partial charge is 0.376 e. The number of thiazole rings is 1. The fraction of sp³-hybridized carbons (Fsp3) is 0.318. The Balaban J connectivity index is 1.47. The molecule has 3 heterocycles. The number of hydrogen-bond acceptors (Lipinski definition) is 5. The van der Waals surface area contributed by atoms with Gasteiger partial charge >= 0.3 is 0 Å². The molecule has 1 fully saturated rings. The van der Waals surface area contributed by atoms with Crippen LogP contribution < -0.4 is 0 Å². The minimum Gasteiger partial charge on any atom is -0.376 e. The number of halogens is 1. The molecule has 1 saturated heterocycles. The number of ether oxygens (including phenoxy) is 1. The maximum Gasteiger partial charge on any atom is 0.229 e. The van der Waals surface area contributed by atoms with Gasteiger partial charge in [0.1, 0.15) is 5.01 Å². The van der Waals surface area contributed by atoms with Crippen LogP contribution in [0.25, 0.3) is 10.6 Å². The molecule has 1 unspecified atom stereocenters. The van der Waals surface area contributed by atoms with Crippen LogP contribution in [-0.4, -0.2) is 40.0 Å². The highest BCUT2D eigenvalue weighted by atomic mass is 79.9. The molecule has 0 radical (unpaired) electrons. The molecule has 3 aromatic rings. The molecule has 0 saturated carbocycles. The van der Waals surface area contributed by atoms with Crippen molar-refractivity contribution < 1.29 is 9.53 Å². The van der Waals surface area contributed by atoms with Gasteiger partial charge in [0.2, 0.25) is 5.91 Å². The predicted molar refractivity (Wildman–Crippen MR) is 118 cm³/mol. The first kappa shape index (κ1) is 20.2. The number of aromatic nitrogens is 2. The van der Waals surface area contributed by atoms with Crippen LogP contribution in [0.4, 0.5) is 0 Å². The third kappa shape index (κ3) is 5.50. The molecular weight excluding hydrogens is 450 g/mol. The first-order valence-corrected chi connectivity index (χ1v) is 11.3. The van der Waals surface area contributed by atoms with E-state index in [9.17, 15) is 4.79 Å². The van der Waals surface area contributed by atoms with Gasteiger partial charge in [0, 0.05) is 47.5 Å². The average Bonchev–Trinajstić information content (AvgIpc) is 3.40. The zero-order valence-corrected chi connectivity index (χ0v) is 18.4. The van der Waals surface area contributed by atoms with Crippen LogP contribution in [0.2, 0.25) is 0 Å². The van der Waals surface area contributed by atoms with Gasteiger partial charge < -0.3 is 9.64 Å². The van der Waals surface area contributed by atoms with E-state index < -0.39 is 0 Å². The number of amides is 1. The summed E-state index contributed by atoms with van der Waals surface area (Å²) >= 11 is 5.06. The summed E-state index contributed by atoms with van der Waals surface area (Å²) in [6.45, 7) is 1.92. The second-order valence-electron chi connectivity index (χ2n) is 7.10. The number of pyridine rings is 1. The van der Waals surface area contributed by atoms with E-state index >= 15 is 0 Å². The van der Waals surface area contributed by atoms with Crippen LogP contribution >= 0.6 is 27.3 Å². The van der Waals surface area contributed by atoms with Gasteiger partial charge in [0.15, 0.2) is 0 Å². The fourth-order valence-electron chi connectivity index (χ4n) is 3.41. The van der Waals surface area contributed by atoms with Crippen molar-refractivity contribution in [3.63, 3.8) is 0 Å². The first-order valence-electron chi connectivity index (χ1n) is 9.66. The van der Waals surface area contributed by atoms with Gasteiger partial charge in [-0.15, -0.1) is 11.3 Å². The van der Waals surface area contributed by atoms with Crippen molar-refractivity contribution in [3.05, 3.63) is 69.9 Å². The molecule has 4 rings (SSSR count). The van der Waals surface area contributed by atoms with Gasteiger partial charge in [-0.1, -0.05) is 34.1 Å². The molecule has 0 aliphatic carbocycles. The van der Waals surface area contributed by atoms with Crippen LogP contribution in [-0.2, 0) is 22.5 Å². The van der Waals surface area contributed by atoms with Gasteiger partial charge in [0.25, 0.3) is 0 Å². The maximum absolute atomic E-state index is 13.1. The standard InChI is InChI=1S/C22H22BrN3O2S/c23-18-6-1-5-17(10-18)22-25-19(15-29-22)11-21(27)26(14-20-7-3-9-28-20)13-16-4-2-8-24-12-16/h1-2,4-6,8,10,12,15,20H,3,7,9,11,13-14H2. The number of carbonyl (C=O) groups is 1. The predicted octanol–water partition coefficient (Wildman–Crippen LogP) is 4.72. The highest BCUT2D eigenvalue weighted by Crippen LogP contribution is 2.26. The number of rotatable bonds is 7. The Morgan fingerprint density at radius 3 is 3.00 bits per heavy atom. The van der Waals surface area contributed by atoms with Crippen molar-refractivity contribution >= 4 is 33.2 Å². The quantitative estimate of drug-likeness (QED) is 0.500. The maximum atomic E-state index is 13.1. The van der Waals surface area contributed by atoms with E-state index in [2.05, 4.69) is 25.9 Å². The lowest BCUT2D eigenvalue weighted by atomic mass is 10.2. The van der Waals surface area contributed by atoms with Gasteiger partial charge in [-0.2, -0.15) is 0 Å². The topological polar surface area (TPSA) is 55.3 Å². The Morgan fingerprint density at radius 2 is 2.24 bits per heavy atom. The summed E-state index contributed by atoms with van der Waals surface area (Å²) in [7, 11) is 0. The lowest BCUT2D eigenvalue weighted by molar-refractivity contribution is -0.132. The van der Waals surface area contributed by atoms with Crippen LogP contribution in [0.1, 0.15) is 24.1 Å². The van der Waals surface area contributed by atoms with E-state index in [0.717, 1.165) is 45.7 Å². The molecule has 0 bridgehead atoms. The third-order valence-corrected chi connectivity index (χ3v) is 6.29. The minimum absolute atomic E-state index is 0.0652. The summed E-state index contributed by atoms with van der Waals surface area (Å²) in [5.74, 6) is 0.0652. The molecule has 1 aliphatic rings. The van der Waals surface area contributed by atoms with Gasteiger partial charge in [-0.3, -0.25) is 9.78 Å². The molecule has 7 heteroatoms. The highest BCUT2D eigenvalue weighted by Gasteiger charge is 2.23. The van der Waals surface area contributed by atoms with Crippen molar-refractivity contribution in [2.75, 3.05) is 13.2 Å². The van der Waals surface area contributed by atoms with Gasteiger partial charge in [0.05, 0.1) is 18.2 Å². The number of hydrogen-bond donors (Lipinski definition) is 0. The number of nitrogens with zero attached hydrogens (tertiary/aromatic N) is 3. The van der Waals surface area contributed by atoms with Crippen molar-refractivity contribution in [3.8, 4) is 10.6 Å².